The molecule has 0 radical (unpaired) electrons. The first-order valence-electron chi connectivity index (χ1n) is 4.17. The summed E-state index contributed by atoms with van der Waals surface area (Å²) in [6, 6.07) is 0. The Balaban J connectivity index is 2.07. The van der Waals surface area contributed by atoms with Crippen molar-refractivity contribution in [3.8, 4) is 0 Å². The number of Topliss-reactive ketones (excluding diaryl/α,β-unsaturated/α-hetero) is 1. The molecule has 0 aromatic carbocycles. The highest BCUT2D eigenvalue weighted by atomic mass is 32.1. The first-order chi connectivity index (χ1) is 5.79. The van der Waals surface area contributed by atoms with Gasteiger partial charge in [-0.2, -0.15) is 0 Å². The average molecular weight is 183 g/mol. The van der Waals surface area contributed by atoms with Crippen LogP contribution in [0, 0.1) is 0 Å². The first-order valence-corrected chi connectivity index (χ1v) is 5.05. The molecule has 2 nitrogen and oxygen atoms in total. The van der Waals surface area contributed by atoms with Crippen LogP contribution >= 0.6 is 11.3 Å². The summed E-state index contributed by atoms with van der Waals surface area (Å²) in [5.41, 5.74) is 0. The molecule has 1 aromatic heterocycles. The van der Waals surface area contributed by atoms with Crippen molar-refractivity contribution >= 4 is 17.1 Å². The largest absolute Gasteiger partial charge is 0.300 e. The van der Waals surface area contributed by atoms with E-state index in [1.807, 2.05) is 11.6 Å². The van der Waals surface area contributed by atoms with Gasteiger partial charge in [-0.25, -0.2) is 4.98 Å². The predicted octanol–water partition coefficient (Wildman–Crippen LogP) is 2.44. The van der Waals surface area contributed by atoms with Gasteiger partial charge in [0.15, 0.2) is 0 Å². The van der Waals surface area contributed by atoms with Gasteiger partial charge in [-0.15, -0.1) is 11.3 Å². The number of carbonyl (C=O) groups excluding carboxylic acids is 1. The fourth-order valence-corrected chi connectivity index (χ4v) is 1.69. The van der Waals surface area contributed by atoms with E-state index in [2.05, 4.69) is 4.98 Å². The fraction of sp³-hybridized carbons (Fsp3) is 0.556. The van der Waals surface area contributed by atoms with Crippen molar-refractivity contribution in [1.82, 2.24) is 4.98 Å². The monoisotopic (exact) mass is 183 g/mol. The van der Waals surface area contributed by atoms with Gasteiger partial charge in [-0.3, -0.25) is 0 Å². The Kier molecular flexibility index (Phi) is 3.94. The zero-order valence-electron chi connectivity index (χ0n) is 7.25. The van der Waals surface area contributed by atoms with Crippen LogP contribution in [-0.4, -0.2) is 10.8 Å². The maximum absolute atomic E-state index is 10.6. The molecule has 0 N–H and O–H groups in total. The van der Waals surface area contributed by atoms with Crippen molar-refractivity contribution in [2.75, 3.05) is 0 Å². The van der Waals surface area contributed by atoms with Crippen LogP contribution in [0.25, 0.3) is 0 Å². The second-order valence-electron chi connectivity index (χ2n) is 2.83. The Morgan fingerprint density at radius 1 is 1.58 bits per heavy atom. The minimum atomic E-state index is 0.286. The van der Waals surface area contributed by atoms with Gasteiger partial charge in [-0.1, -0.05) is 0 Å². The van der Waals surface area contributed by atoms with Crippen LogP contribution in [0.15, 0.2) is 11.6 Å². The number of hydrogen-bond donors (Lipinski definition) is 0. The molecule has 0 aliphatic rings. The molecule has 12 heavy (non-hydrogen) atoms. The number of aromatic nitrogens is 1. The normalized spacial score (nSPS) is 10.1. The van der Waals surface area contributed by atoms with E-state index >= 15 is 0 Å². The summed E-state index contributed by atoms with van der Waals surface area (Å²) in [4.78, 5) is 14.8. The second kappa shape index (κ2) is 5.04. The van der Waals surface area contributed by atoms with Gasteiger partial charge in [0.2, 0.25) is 0 Å². The third kappa shape index (κ3) is 3.62. The molecule has 0 fully saturated rings. The lowest BCUT2D eigenvalue weighted by atomic mass is 10.1. The Bertz CT molecular complexity index is 231. The van der Waals surface area contributed by atoms with Crippen LogP contribution < -0.4 is 0 Å². The van der Waals surface area contributed by atoms with Crippen molar-refractivity contribution in [3.63, 3.8) is 0 Å². The van der Waals surface area contributed by atoms with Gasteiger partial charge in [0.25, 0.3) is 0 Å². The molecular weight excluding hydrogens is 170 g/mol. The number of rotatable bonds is 5. The number of carbonyl (C=O) groups is 1. The summed E-state index contributed by atoms with van der Waals surface area (Å²) < 4.78 is 0. The highest BCUT2D eigenvalue weighted by molar-refractivity contribution is 7.09. The molecule has 0 spiro atoms. The number of unbranched alkanes of at least 4 members (excludes halogenated alkanes) is 1. The molecule has 0 aliphatic heterocycles. The minimum Gasteiger partial charge on any atom is -0.300 e. The maximum atomic E-state index is 10.6. The molecule has 0 bridgehead atoms. The fourth-order valence-electron chi connectivity index (χ4n) is 1.03. The van der Waals surface area contributed by atoms with E-state index in [4.69, 9.17) is 0 Å². The van der Waals surface area contributed by atoms with Crippen LogP contribution in [0.4, 0.5) is 0 Å². The highest BCUT2D eigenvalue weighted by Crippen LogP contribution is 2.09. The van der Waals surface area contributed by atoms with Gasteiger partial charge in [0.1, 0.15) is 5.78 Å². The second-order valence-corrected chi connectivity index (χ2v) is 3.81. The summed E-state index contributed by atoms with van der Waals surface area (Å²) in [5.74, 6) is 0.286. The highest BCUT2D eigenvalue weighted by Gasteiger charge is 1.96. The topological polar surface area (TPSA) is 30.0 Å². The number of aryl methyl sites for hydroxylation is 1. The molecule has 1 aromatic rings. The van der Waals surface area contributed by atoms with E-state index in [1.165, 1.54) is 5.01 Å². The standard InChI is InChI=1S/C9H13NOS/c1-8(11)4-2-3-5-9-10-6-7-12-9/h6-7H,2-5H2,1H3. The Hall–Kier alpha value is -0.700. The molecule has 0 saturated heterocycles. The Morgan fingerprint density at radius 3 is 3.00 bits per heavy atom. The lowest BCUT2D eigenvalue weighted by Crippen LogP contribution is -1.90. The first kappa shape index (κ1) is 9.39. The van der Waals surface area contributed by atoms with Crippen molar-refractivity contribution in [1.29, 1.82) is 0 Å². The molecular formula is C9H13NOS. The molecule has 66 valence electrons. The number of hydrogen-bond acceptors (Lipinski definition) is 3. The average Bonchev–Trinajstić information content (AvgIpc) is 2.49. The van der Waals surface area contributed by atoms with Gasteiger partial charge in [-0.05, 0) is 26.2 Å². The van der Waals surface area contributed by atoms with E-state index < -0.39 is 0 Å². The quantitative estimate of drug-likeness (QED) is 0.656. The summed E-state index contributed by atoms with van der Waals surface area (Å²) in [7, 11) is 0. The molecule has 0 unspecified atom stereocenters. The summed E-state index contributed by atoms with van der Waals surface area (Å²) in [6.45, 7) is 1.64. The summed E-state index contributed by atoms with van der Waals surface area (Å²) in [6.07, 6.45) is 5.63. The lowest BCUT2D eigenvalue weighted by molar-refractivity contribution is -0.117. The molecule has 0 amide bonds. The van der Waals surface area contributed by atoms with Gasteiger partial charge < -0.3 is 4.79 Å². The predicted molar refractivity (Wildman–Crippen MR) is 50.4 cm³/mol. The zero-order valence-corrected chi connectivity index (χ0v) is 8.06. The Labute approximate surface area is 76.6 Å². The third-order valence-corrected chi connectivity index (χ3v) is 2.49. The van der Waals surface area contributed by atoms with Crippen LogP contribution in [-0.2, 0) is 11.2 Å². The molecule has 0 atom stereocenters. The molecule has 0 saturated carbocycles. The van der Waals surface area contributed by atoms with Crippen molar-refractivity contribution in [2.24, 2.45) is 0 Å². The van der Waals surface area contributed by atoms with Crippen molar-refractivity contribution < 1.29 is 4.79 Å². The van der Waals surface area contributed by atoms with Crippen molar-refractivity contribution in [2.45, 2.75) is 32.6 Å². The summed E-state index contributed by atoms with van der Waals surface area (Å²) >= 11 is 1.69. The van der Waals surface area contributed by atoms with Gasteiger partial charge >= 0.3 is 0 Å². The molecule has 0 aliphatic carbocycles. The summed E-state index contributed by atoms with van der Waals surface area (Å²) in [5, 5.41) is 3.17. The molecule has 1 heterocycles. The maximum Gasteiger partial charge on any atom is 0.129 e. The van der Waals surface area contributed by atoms with E-state index in [1.54, 1.807) is 18.3 Å². The van der Waals surface area contributed by atoms with E-state index in [9.17, 15) is 4.79 Å². The third-order valence-electron chi connectivity index (χ3n) is 1.65. The number of ketones is 1. The minimum absolute atomic E-state index is 0.286. The van der Waals surface area contributed by atoms with Crippen LogP contribution in [0.2, 0.25) is 0 Å². The number of nitrogens with zero attached hydrogens (tertiary/aromatic N) is 1. The van der Waals surface area contributed by atoms with Crippen LogP contribution in [0.3, 0.4) is 0 Å². The van der Waals surface area contributed by atoms with E-state index in [0.29, 0.717) is 6.42 Å². The number of thiazole rings is 1. The Morgan fingerprint density at radius 2 is 2.42 bits per heavy atom. The van der Waals surface area contributed by atoms with Gasteiger partial charge in [0.05, 0.1) is 5.01 Å². The molecule has 3 heteroatoms. The van der Waals surface area contributed by atoms with Crippen LogP contribution in [0.5, 0.6) is 0 Å². The SMILES string of the molecule is CC(=O)CCCCc1nccs1. The van der Waals surface area contributed by atoms with Crippen molar-refractivity contribution in [3.05, 3.63) is 16.6 Å². The van der Waals surface area contributed by atoms with E-state index in [-0.39, 0.29) is 5.78 Å². The molecule has 1 rings (SSSR count). The zero-order chi connectivity index (χ0) is 8.81. The van der Waals surface area contributed by atoms with E-state index in [0.717, 1.165) is 19.3 Å². The smallest absolute Gasteiger partial charge is 0.129 e. The van der Waals surface area contributed by atoms with Gasteiger partial charge in [0, 0.05) is 18.0 Å². The van der Waals surface area contributed by atoms with Crippen LogP contribution in [0.1, 0.15) is 31.2 Å². The lowest BCUT2D eigenvalue weighted by Gasteiger charge is -1.94.